The summed E-state index contributed by atoms with van der Waals surface area (Å²) in [6.45, 7) is 6.80. The van der Waals surface area contributed by atoms with Gasteiger partial charge in [0.2, 0.25) is 0 Å². The molecule has 0 saturated heterocycles. The summed E-state index contributed by atoms with van der Waals surface area (Å²) in [6.07, 6.45) is -6.09. The molecule has 2 unspecified atom stereocenters. The molecule has 2 atom stereocenters. The van der Waals surface area contributed by atoms with E-state index in [0.717, 1.165) is 16.7 Å². The Labute approximate surface area is 175 Å². The molecular weight excluding hydrogens is 413 g/mol. The summed E-state index contributed by atoms with van der Waals surface area (Å²) in [5, 5.41) is 15.8. The number of benzene rings is 1. The second-order valence-electron chi connectivity index (χ2n) is 7.89. The van der Waals surface area contributed by atoms with E-state index in [1.54, 1.807) is 0 Å². The van der Waals surface area contributed by atoms with Crippen LogP contribution in [0.3, 0.4) is 0 Å². The lowest BCUT2D eigenvalue weighted by Gasteiger charge is -2.28. The number of alkyl halides is 3. The van der Waals surface area contributed by atoms with Crippen LogP contribution in [0.25, 0.3) is 16.8 Å². The van der Waals surface area contributed by atoms with Crippen LogP contribution in [0.4, 0.5) is 13.2 Å². The van der Waals surface area contributed by atoms with E-state index in [0.29, 0.717) is 5.69 Å². The molecule has 0 aliphatic rings. The number of H-pyrrole nitrogens is 1. The van der Waals surface area contributed by atoms with E-state index in [-0.39, 0.29) is 11.2 Å². The number of aliphatic hydroxyl groups excluding tert-OH is 1. The highest BCUT2D eigenvalue weighted by Gasteiger charge is 2.45. The van der Waals surface area contributed by atoms with Crippen LogP contribution in [0.1, 0.15) is 35.5 Å². The van der Waals surface area contributed by atoms with Crippen molar-refractivity contribution in [1.29, 1.82) is 0 Å². The van der Waals surface area contributed by atoms with Gasteiger partial charge in [-0.05, 0) is 42.5 Å². The molecule has 0 spiro atoms. The van der Waals surface area contributed by atoms with Crippen molar-refractivity contribution in [2.24, 2.45) is 5.92 Å². The molecule has 0 aliphatic carbocycles. The standard InChI is InChI=1S/C21H23F3N4O3/c1-10(2)17(18(29)21(22,23)24)26-19(30)14-8-16-20(31)25-15(9-28(16)27-14)13-6-5-11(3)12(4)7-13/h5-10,17-18,29H,1-4H3,(H,25,31)(H,26,30). The van der Waals surface area contributed by atoms with E-state index in [9.17, 15) is 27.9 Å². The van der Waals surface area contributed by atoms with Crippen molar-refractivity contribution in [3.05, 3.63) is 57.6 Å². The SMILES string of the molecule is Cc1ccc(-c2cn3nc(C(=O)NC(C(C)C)C(O)C(F)(F)F)cc3c(=O)[nH]2)cc1C. The average Bonchev–Trinajstić information content (AvgIpc) is 3.11. The van der Waals surface area contributed by atoms with Crippen LogP contribution < -0.4 is 10.9 Å². The molecule has 3 N–H and O–H groups in total. The third kappa shape index (κ3) is 4.63. The van der Waals surface area contributed by atoms with Gasteiger partial charge in [0.05, 0.1) is 17.9 Å². The van der Waals surface area contributed by atoms with E-state index < -0.39 is 35.7 Å². The molecule has 10 heteroatoms. The maximum atomic E-state index is 12.9. The van der Waals surface area contributed by atoms with Crippen molar-refractivity contribution >= 4 is 11.4 Å². The first-order valence-electron chi connectivity index (χ1n) is 9.64. The molecule has 0 saturated carbocycles. The Kier molecular flexibility index (Phi) is 5.95. The van der Waals surface area contributed by atoms with Crippen molar-refractivity contribution in [2.75, 3.05) is 0 Å². The molecule has 31 heavy (non-hydrogen) atoms. The van der Waals surface area contributed by atoms with Crippen LogP contribution >= 0.6 is 0 Å². The van der Waals surface area contributed by atoms with Gasteiger partial charge in [-0.15, -0.1) is 0 Å². The topological polar surface area (TPSA) is 99.5 Å². The summed E-state index contributed by atoms with van der Waals surface area (Å²) in [6, 6.07) is 5.27. The van der Waals surface area contributed by atoms with Gasteiger partial charge < -0.3 is 15.4 Å². The molecule has 1 aromatic carbocycles. The predicted molar refractivity (Wildman–Crippen MR) is 109 cm³/mol. The fourth-order valence-electron chi connectivity index (χ4n) is 3.21. The Morgan fingerprint density at radius 3 is 2.45 bits per heavy atom. The molecule has 3 aromatic rings. The van der Waals surface area contributed by atoms with Crippen molar-refractivity contribution in [3.63, 3.8) is 0 Å². The van der Waals surface area contributed by atoms with E-state index >= 15 is 0 Å². The predicted octanol–water partition coefficient (Wildman–Crippen LogP) is 2.98. The molecule has 0 fully saturated rings. The van der Waals surface area contributed by atoms with Crippen molar-refractivity contribution in [2.45, 2.75) is 46.0 Å². The Hall–Kier alpha value is -3.14. The second-order valence-corrected chi connectivity index (χ2v) is 7.89. The van der Waals surface area contributed by atoms with Crippen LogP contribution in [0.2, 0.25) is 0 Å². The van der Waals surface area contributed by atoms with Crippen LogP contribution in [-0.4, -0.2) is 43.9 Å². The smallest absolute Gasteiger partial charge is 0.382 e. The molecule has 2 heterocycles. The van der Waals surface area contributed by atoms with Crippen molar-refractivity contribution in [3.8, 4) is 11.3 Å². The Balaban J connectivity index is 1.95. The number of amides is 1. The van der Waals surface area contributed by atoms with Crippen molar-refractivity contribution < 1.29 is 23.1 Å². The van der Waals surface area contributed by atoms with Crippen molar-refractivity contribution in [1.82, 2.24) is 19.9 Å². The summed E-state index contributed by atoms with van der Waals surface area (Å²) in [4.78, 5) is 27.8. The van der Waals surface area contributed by atoms with Gasteiger partial charge in [0.25, 0.3) is 11.5 Å². The van der Waals surface area contributed by atoms with Gasteiger partial charge in [-0.1, -0.05) is 26.0 Å². The molecule has 0 aliphatic heterocycles. The number of rotatable bonds is 5. The first-order chi connectivity index (χ1) is 14.4. The highest BCUT2D eigenvalue weighted by atomic mass is 19.4. The van der Waals surface area contributed by atoms with Crippen LogP contribution in [0.5, 0.6) is 0 Å². The number of aromatic amines is 1. The Morgan fingerprint density at radius 1 is 1.19 bits per heavy atom. The number of aliphatic hydroxyl groups is 1. The summed E-state index contributed by atoms with van der Waals surface area (Å²) in [7, 11) is 0. The van der Waals surface area contributed by atoms with E-state index in [1.807, 2.05) is 32.0 Å². The third-order valence-corrected chi connectivity index (χ3v) is 5.21. The van der Waals surface area contributed by atoms with Crippen LogP contribution in [0.15, 0.2) is 35.3 Å². The molecule has 7 nitrogen and oxygen atoms in total. The monoisotopic (exact) mass is 436 g/mol. The molecule has 0 bridgehead atoms. The van der Waals surface area contributed by atoms with E-state index in [2.05, 4.69) is 15.4 Å². The first-order valence-corrected chi connectivity index (χ1v) is 9.64. The lowest BCUT2D eigenvalue weighted by atomic mass is 9.98. The quantitative estimate of drug-likeness (QED) is 0.573. The minimum Gasteiger partial charge on any atom is -0.382 e. The van der Waals surface area contributed by atoms with E-state index in [4.69, 9.17) is 0 Å². The molecule has 0 radical (unpaired) electrons. The normalized spacial score (nSPS) is 14.1. The third-order valence-electron chi connectivity index (χ3n) is 5.21. The van der Waals surface area contributed by atoms with E-state index in [1.165, 1.54) is 30.6 Å². The Bertz CT molecular complexity index is 1180. The summed E-state index contributed by atoms with van der Waals surface area (Å²) in [5.74, 6) is -1.62. The molecular formula is C21H23F3N4O3. The van der Waals surface area contributed by atoms with Crippen LogP contribution in [0, 0.1) is 19.8 Å². The summed E-state index contributed by atoms with van der Waals surface area (Å²) >= 11 is 0. The number of halogens is 3. The van der Waals surface area contributed by atoms with Gasteiger partial charge in [-0.25, -0.2) is 4.52 Å². The highest BCUT2D eigenvalue weighted by Crippen LogP contribution is 2.26. The van der Waals surface area contributed by atoms with Gasteiger partial charge in [0, 0.05) is 6.07 Å². The number of nitrogens with one attached hydrogen (secondary N) is 2. The minimum atomic E-state index is -4.89. The lowest BCUT2D eigenvalue weighted by molar-refractivity contribution is -0.214. The molecule has 3 rings (SSSR count). The van der Waals surface area contributed by atoms with Gasteiger partial charge >= 0.3 is 6.18 Å². The van der Waals surface area contributed by atoms with Gasteiger partial charge in [-0.2, -0.15) is 18.3 Å². The molecule has 2 aromatic heterocycles. The zero-order valence-electron chi connectivity index (χ0n) is 17.4. The molecule has 1 amide bonds. The van der Waals surface area contributed by atoms with Gasteiger partial charge in [0.15, 0.2) is 11.8 Å². The number of hydrogen-bond acceptors (Lipinski definition) is 4. The number of fused-ring (bicyclic) bond motifs is 1. The zero-order valence-corrected chi connectivity index (χ0v) is 17.4. The van der Waals surface area contributed by atoms with Gasteiger partial charge in [-0.3, -0.25) is 9.59 Å². The number of nitrogens with zero attached hydrogens (tertiary/aromatic N) is 2. The zero-order chi connectivity index (χ0) is 23.1. The number of aryl methyl sites for hydroxylation is 2. The van der Waals surface area contributed by atoms with Gasteiger partial charge in [0.1, 0.15) is 5.52 Å². The minimum absolute atomic E-state index is 0.0650. The second kappa shape index (κ2) is 8.18. The first kappa shape index (κ1) is 22.5. The number of aromatic nitrogens is 3. The lowest BCUT2D eigenvalue weighted by Crippen LogP contribution is -2.52. The summed E-state index contributed by atoms with van der Waals surface area (Å²) < 4.78 is 40.0. The maximum absolute atomic E-state index is 12.9. The number of carbonyl (C=O) groups is 1. The Morgan fingerprint density at radius 2 is 1.87 bits per heavy atom. The fraction of sp³-hybridized carbons (Fsp3) is 0.381. The number of hydrogen-bond donors (Lipinski definition) is 3. The molecule has 166 valence electrons. The van der Waals surface area contributed by atoms with Crippen LogP contribution in [-0.2, 0) is 0 Å². The number of carbonyl (C=O) groups excluding carboxylic acids is 1. The highest BCUT2D eigenvalue weighted by molar-refractivity contribution is 5.93. The average molecular weight is 436 g/mol. The largest absolute Gasteiger partial charge is 0.416 e. The fourth-order valence-corrected chi connectivity index (χ4v) is 3.21. The summed E-state index contributed by atoms with van der Waals surface area (Å²) in [5.41, 5.74) is 2.67. The maximum Gasteiger partial charge on any atom is 0.416 e.